The van der Waals surface area contributed by atoms with E-state index in [-0.39, 0.29) is 0 Å². The molecule has 0 spiro atoms. The van der Waals surface area contributed by atoms with Crippen LogP contribution in [0.25, 0.3) is 0 Å². The molecule has 0 aromatic heterocycles. The van der Waals surface area contributed by atoms with Crippen molar-refractivity contribution in [2.24, 2.45) is 0 Å². The highest BCUT2D eigenvalue weighted by Crippen LogP contribution is 2.20. The quantitative estimate of drug-likeness (QED) is 0.708. The minimum Gasteiger partial charge on any atom is -0.360 e. The average molecular weight is 346 g/mol. The molecule has 2 atom stereocenters. The molecule has 0 saturated heterocycles. The molecule has 132 valence electrons. The third-order valence-electron chi connectivity index (χ3n) is 5.43. The number of rotatable bonds is 5. The van der Waals surface area contributed by atoms with E-state index in [1.807, 2.05) is 0 Å². The van der Waals surface area contributed by atoms with Gasteiger partial charge in [0.1, 0.15) is 0 Å². The molecule has 4 heteroatoms. The Morgan fingerprint density at radius 2 is 1.50 bits per heavy atom. The summed E-state index contributed by atoms with van der Waals surface area (Å²) in [5.74, 6) is 0. The molecule has 3 rings (SSSR count). The smallest absolute Gasteiger partial charge is 0.166 e. The lowest BCUT2D eigenvalue weighted by molar-refractivity contribution is 0.304. The molecule has 0 heterocycles. The normalized spacial score (nSPS) is 25.2. The lowest BCUT2D eigenvalue weighted by Crippen LogP contribution is -2.55. The van der Waals surface area contributed by atoms with Gasteiger partial charge in [0.25, 0.3) is 0 Å². The predicted molar refractivity (Wildman–Crippen MR) is 105 cm³/mol. The molecule has 2 saturated carbocycles. The molecule has 0 unspecified atom stereocenters. The second kappa shape index (κ2) is 9.38. The standard InChI is InChI=1S/C20H31N3S/c24-20(22-17-11-5-2-6-12-17)23-19-14-8-7-13-18(19)21-15-16-9-3-1-4-10-16/h1,3-4,9-10,17-19,21H,2,5-8,11-15H2,(H2,22,23,24)/t18-,19-/m1/s1. The van der Waals surface area contributed by atoms with Gasteiger partial charge >= 0.3 is 0 Å². The summed E-state index contributed by atoms with van der Waals surface area (Å²) in [5.41, 5.74) is 1.35. The number of benzene rings is 1. The molecule has 2 aliphatic rings. The van der Waals surface area contributed by atoms with Gasteiger partial charge in [-0.1, -0.05) is 62.4 Å². The summed E-state index contributed by atoms with van der Waals surface area (Å²) in [4.78, 5) is 0. The van der Waals surface area contributed by atoms with Crippen LogP contribution in [0.5, 0.6) is 0 Å². The Hall–Kier alpha value is -1.13. The summed E-state index contributed by atoms with van der Waals surface area (Å²) in [5, 5.41) is 11.8. The lowest BCUT2D eigenvalue weighted by Gasteiger charge is -2.35. The first-order valence-electron chi connectivity index (χ1n) is 9.65. The van der Waals surface area contributed by atoms with Crippen LogP contribution in [0.4, 0.5) is 0 Å². The highest BCUT2D eigenvalue weighted by molar-refractivity contribution is 7.80. The highest BCUT2D eigenvalue weighted by atomic mass is 32.1. The van der Waals surface area contributed by atoms with Crippen molar-refractivity contribution in [1.29, 1.82) is 0 Å². The molecular formula is C20H31N3S. The van der Waals surface area contributed by atoms with E-state index in [0.717, 1.165) is 11.7 Å². The van der Waals surface area contributed by atoms with Crippen molar-refractivity contribution in [3.63, 3.8) is 0 Å². The molecule has 3 N–H and O–H groups in total. The first-order valence-corrected chi connectivity index (χ1v) is 10.1. The van der Waals surface area contributed by atoms with Gasteiger partial charge in [0, 0.05) is 24.7 Å². The maximum atomic E-state index is 5.60. The Balaban J connectivity index is 1.47. The van der Waals surface area contributed by atoms with Gasteiger partial charge in [-0.2, -0.15) is 0 Å². The van der Waals surface area contributed by atoms with Gasteiger partial charge in [-0.15, -0.1) is 0 Å². The van der Waals surface area contributed by atoms with E-state index >= 15 is 0 Å². The van der Waals surface area contributed by atoms with Gasteiger partial charge < -0.3 is 16.0 Å². The van der Waals surface area contributed by atoms with Crippen LogP contribution >= 0.6 is 12.2 Å². The van der Waals surface area contributed by atoms with E-state index in [9.17, 15) is 0 Å². The van der Waals surface area contributed by atoms with Crippen molar-refractivity contribution < 1.29 is 0 Å². The highest BCUT2D eigenvalue weighted by Gasteiger charge is 2.25. The molecule has 2 aliphatic carbocycles. The van der Waals surface area contributed by atoms with Crippen LogP contribution < -0.4 is 16.0 Å². The van der Waals surface area contributed by atoms with Crippen molar-refractivity contribution in [3.8, 4) is 0 Å². The van der Waals surface area contributed by atoms with E-state index in [4.69, 9.17) is 12.2 Å². The van der Waals surface area contributed by atoms with Crippen LogP contribution in [-0.4, -0.2) is 23.2 Å². The topological polar surface area (TPSA) is 36.1 Å². The predicted octanol–water partition coefficient (Wildman–Crippen LogP) is 3.88. The molecule has 1 aromatic carbocycles. The van der Waals surface area contributed by atoms with Crippen molar-refractivity contribution in [2.75, 3.05) is 0 Å². The fraction of sp³-hybridized carbons (Fsp3) is 0.650. The fourth-order valence-corrected chi connectivity index (χ4v) is 4.35. The van der Waals surface area contributed by atoms with Crippen molar-refractivity contribution in [1.82, 2.24) is 16.0 Å². The molecule has 24 heavy (non-hydrogen) atoms. The third kappa shape index (κ3) is 5.45. The van der Waals surface area contributed by atoms with Crippen LogP contribution in [0, 0.1) is 0 Å². The minimum absolute atomic E-state index is 0.450. The maximum Gasteiger partial charge on any atom is 0.166 e. The van der Waals surface area contributed by atoms with Crippen LogP contribution in [-0.2, 0) is 6.54 Å². The molecular weight excluding hydrogens is 314 g/mol. The molecule has 0 bridgehead atoms. The Bertz CT molecular complexity index is 499. The van der Waals surface area contributed by atoms with Crippen LogP contribution in [0.1, 0.15) is 63.4 Å². The Morgan fingerprint density at radius 3 is 2.25 bits per heavy atom. The van der Waals surface area contributed by atoms with E-state index < -0.39 is 0 Å². The second-order valence-corrected chi connectivity index (χ2v) is 7.72. The zero-order valence-electron chi connectivity index (χ0n) is 14.6. The van der Waals surface area contributed by atoms with Crippen molar-refractivity contribution in [3.05, 3.63) is 35.9 Å². The lowest BCUT2D eigenvalue weighted by atomic mass is 9.90. The van der Waals surface area contributed by atoms with Gasteiger partial charge in [-0.05, 0) is 43.5 Å². The van der Waals surface area contributed by atoms with Crippen molar-refractivity contribution in [2.45, 2.75) is 82.5 Å². The zero-order valence-corrected chi connectivity index (χ0v) is 15.4. The molecule has 1 aromatic rings. The summed E-state index contributed by atoms with van der Waals surface area (Å²) in [6.45, 7) is 0.937. The molecule has 0 aliphatic heterocycles. The Labute approximate surface area is 152 Å². The maximum absolute atomic E-state index is 5.60. The summed E-state index contributed by atoms with van der Waals surface area (Å²) in [7, 11) is 0. The number of thiocarbonyl (C=S) groups is 1. The summed E-state index contributed by atoms with van der Waals surface area (Å²) >= 11 is 5.60. The molecule has 2 fully saturated rings. The monoisotopic (exact) mass is 345 g/mol. The van der Waals surface area contributed by atoms with Gasteiger partial charge in [0.05, 0.1) is 0 Å². The molecule has 3 nitrogen and oxygen atoms in total. The van der Waals surface area contributed by atoms with E-state index in [1.54, 1.807) is 0 Å². The average Bonchev–Trinajstić information content (AvgIpc) is 2.63. The Morgan fingerprint density at radius 1 is 0.833 bits per heavy atom. The van der Waals surface area contributed by atoms with Gasteiger partial charge in [0.15, 0.2) is 5.11 Å². The SMILES string of the molecule is S=C(NC1CCCCC1)N[C@@H]1CCCC[C@H]1NCc1ccccc1. The number of nitrogens with one attached hydrogen (secondary N) is 3. The summed E-state index contributed by atoms with van der Waals surface area (Å²) < 4.78 is 0. The summed E-state index contributed by atoms with van der Waals surface area (Å²) in [6.07, 6.45) is 11.6. The first kappa shape index (κ1) is 17.7. The molecule has 0 radical (unpaired) electrons. The zero-order chi connectivity index (χ0) is 16.6. The minimum atomic E-state index is 0.450. The number of hydrogen-bond acceptors (Lipinski definition) is 2. The van der Waals surface area contributed by atoms with Gasteiger partial charge in [0.2, 0.25) is 0 Å². The van der Waals surface area contributed by atoms with Crippen LogP contribution in [0.2, 0.25) is 0 Å². The van der Waals surface area contributed by atoms with Gasteiger partial charge in [-0.25, -0.2) is 0 Å². The fourth-order valence-electron chi connectivity index (χ4n) is 4.04. The van der Waals surface area contributed by atoms with Gasteiger partial charge in [-0.3, -0.25) is 0 Å². The van der Waals surface area contributed by atoms with Crippen LogP contribution in [0.15, 0.2) is 30.3 Å². The molecule has 0 amide bonds. The number of hydrogen-bond donors (Lipinski definition) is 3. The first-order chi connectivity index (χ1) is 11.8. The van der Waals surface area contributed by atoms with E-state index in [2.05, 4.69) is 46.3 Å². The van der Waals surface area contributed by atoms with E-state index in [0.29, 0.717) is 18.1 Å². The Kier molecular flexibility index (Phi) is 6.91. The van der Waals surface area contributed by atoms with Crippen molar-refractivity contribution >= 4 is 17.3 Å². The van der Waals surface area contributed by atoms with Crippen LogP contribution in [0.3, 0.4) is 0 Å². The third-order valence-corrected chi connectivity index (χ3v) is 5.67. The van der Waals surface area contributed by atoms with E-state index in [1.165, 1.54) is 63.4 Å². The largest absolute Gasteiger partial charge is 0.360 e. The summed E-state index contributed by atoms with van der Waals surface area (Å²) in [6, 6.07) is 12.2. The second-order valence-electron chi connectivity index (χ2n) is 7.32.